The Balaban J connectivity index is 1.99. The third kappa shape index (κ3) is 3.25. The monoisotopic (exact) mass is 374 g/mol. The van der Waals surface area contributed by atoms with Crippen LogP contribution in [0.5, 0.6) is 0 Å². The molecule has 1 N–H and O–H groups in total. The van der Waals surface area contributed by atoms with Gasteiger partial charge in [0.05, 0.1) is 0 Å². The molecule has 0 radical (unpaired) electrons. The third-order valence-electron chi connectivity index (χ3n) is 4.03. The molecular weight excluding hydrogens is 355 g/mol. The lowest BCUT2D eigenvalue weighted by molar-refractivity contribution is -0.150. The molecule has 1 fully saturated rings. The van der Waals surface area contributed by atoms with Crippen molar-refractivity contribution in [2.45, 2.75) is 38.1 Å². The molecular formula is C14H19IN2O2. The van der Waals surface area contributed by atoms with Crippen LogP contribution in [0.2, 0.25) is 0 Å². The quantitative estimate of drug-likeness (QED) is 0.653. The van der Waals surface area contributed by atoms with Crippen molar-refractivity contribution in [2.24, 2.45) is 0 Å². The van der Waals surface area contributed by atoms with Crippen LogP contribution in [-0.4, -0.2) is 39.6 Å². The van der Waals surface area contributed by atoms with E-state index in [2.05, 4.69) is 38.5 Å². The van der Waals surface area contributed by atoms with Crippen LogP contribution in [0.3, 0.4) is 0 Å². The summed E-state index contributed by atoms with van der Waals surface area (Å²) in [6.45, 7) is 5.22. The Kier molecular flexibility index (Phi) is 4.45. The van der Waals surface area contributed by atoms with E-state index in [0.29, 0.717) is 5.92 Å². The van der Waals surface area contributed by atoms with Crippen LogP contribution in [0.15, 0.2) is 18.3 Å². The maximum absolute atomic E-state index is 11.3. The highest BCUT2D eigenvalue weighted by atomic mass is 127. The van der Waals surface area contributed by atoms with Gasteiger partial charge in [-0.05, 0) is 79.9 Å². The fourth-order valence-corrected chi connectivity index (χ4v) is 2.85. The van der Waals surface area contributed by atoms with Crippen LogP contribution in [0.1, 0.15) is 38.2 Å². The molecule has 0 aromatic carbocycles. The van der Waals surface area contributed by atoms with E-state index in [1.807, 2.05) is 12.3 Å². The smallest absolute Gasteiger partial charge is 0.323 e. The van der Waals surface area contributed by atoms with Gasteiger partial charge in [0, 0.05) is 6.20 Å². The zero-order valence-corrected chi connectivity index (χ0v) is 13.4. The minimum Gasteiger partial charge on any atom is -0.480 e. The second-order valence-electron chi connectivity index (χ2n) is 5.54. The Morgan fingerprint density at radius 2 is 2.05 bits per heavy atom. The van der Waals surface area contributed by atoms with Gasteiger partial charge in [0.2, 0.25) is 0 Å². The van der Waals surface area contributed by atoms with Crippen molar-refractivity contribution in [2.75, 3.05) is 13.1 Å². The molecule has 0 spiro atoms. The van der Waals surface area contributed by atoms with Gasteiger partial charge < -0.3 is 5.11 Å². The number of halogens is 1. The van der Waals surface area contributed by atoms with Gasteiger partial charge in [-0.25, -0.2) is 0 Å². The second-order valence-corrected chi connectivity index (χ2v) is 6.64. The van der Waals surface area contributed by atoms with Crippen molar-refractivity contribution in [3.63, 3.8) is 0 Å². The molecule has 0 unspecified atom stereocenters. The van der Waals surface area contributed by atoms with Gasteiger partial charge in [0.25, 0.3) is 0 Å². The minimum absolute atomic E-state index is 0.505. The molecule has 1 aromatic rings. The van der Waals surface area contributed by atoms with E-state index in [1.54, 1.807) is 13.8 Å². The van der Waals surface area contributed by atoms with E-state index in [-0.39, 0.29) is 0 Å². The zero-order valence-electron chi connectivity index (χ0n) is 11.3. The highest BCUT2D eigenvalue weighted by Crippen LogP contribution is 2.31. The van der Waals surface area contributed by atoms with Crippen molar-refractivity contribution in [3.05, 3.63) is 27.6 Å². The normalized spacial score (nSPS) is 18.5. The lowest BCUT2D eigenvalue weighted by Crippen LogP contribution is -2.52. The van der Waals surface area contributed by atoms with E-state index < -0.39 is 11.5 Å². The maximum Gasteiger partial charge on any atom is 0.323 e. The zero-order chi connectivity index (χ0) is 14.0. The number of likely N-dealkylation sites (tertiary alicyclic amines) is 1. The number of hydrogen-bond acceptors (Lipinski definition) is 3. The molecule has 1 aliphatic rings. The molecule has 19 heavy (non-hydrogen) atoms. The Morgan fingerprint density at radius 3 is 2.53 bits per heavy atom. The molecule has 0 atom stereocenters. The van der Waals surface area contributed by atoms with Crippen LogP contribution in [0.25, 0.3) is 0 Å². The number of hydrogen-bond donors (Lipinski definition) is 1. The molecule has 4 nitrogen and oxygen atoms in total. The number of nitrogens with zero attached hydrogens (tertiary/aromatic N) is 2. The van der Waals surface area contributed by atoms with Crippen molar-refractivity contribution in [1.29, 1.82) is 0 Å². The van der Waals surface area contributed by atoms with Gasteiger partial charge in [-0.2, -0.15) is 0 Å². The summed E-state index contributed by atoms with van der Waals surface area (Å²) in [5.74, 6) is -0.243. The van der Waals surface area contributed by atoms with Gasteiger partial charge in [-0.15, -0.1) is 0 Å². The number of aliphatic carboxylic acids is 1. The van der Waals surface area contributed by atoms with Crippen LogP contribution in [0.4, 0.5) is 0 Å². The first-order chi connectivity index (χ1) is 8.91. The van der Waals surface area contributed by atoms with E-state index in [9.17, 15) is 9.90 Å². The molecule has 104 valence electrons. The van der Waals surface area contributed by atoms with Crippen LogP contribution >= 0.6 is 22.6 Å². The highest BCUT2D eigenvalue weighted by molar-refractivity contribution is 14.1. The lowest BCUT2D eigenvalue weighted by Gasteiger charge is -2.40. The summed E-state index contributed by atoms with van der Waals surface area (Å²) in [7, 11) is 0. The van der Waals surface area contributed by atoms with Crippen molar-refractivity contribution >= 4 is 28.6 Å². The summed E-state index contributed by atoms with van der Waals surface area (Å²) in [4.78, 5) is 17.6. The van der Waals surface area contributed by atoms with Crippen molar-refractivity contribution in [1.82, 2.24) is 9.88 Å². The summed E-state index contributed by atoms with van der Waals surface area (Å²) in [5, 5.41) is 9.25. The first kappa shape index (κ1) is 14.7. The standard InChI is InChI=1S/C14H19IN2O2/c1-14(2,13(18)19)17-7-5-10(6-8-17)11-3-4-12(15)16-9-11/h3-4,9-10H,5-8H2,1-2H3,(H,18,19). The molecule has 1 saturated heterocycles. The predicted molar refractivity (Wildman–Crippen MR) is 82.2 cm³/mol. The fraction of sp³-hybridized carbons (Fsp3) is 0.571. The van der Waals surface area contributed by atoms with E-state index >= 15 is 0 Å². The summed E-state index contributed by atoms with van der Waals surface area (Å²) < 4.78 is 1.01. The number of carboxylic acid groups (broad SMARTS) is 1. The van der Waals surface area contributed by atoms with Gasteiger partial charge >= 0.3 is 5.97 Å². The molecule has 0 bridgehead atoms. The van der Waals surface area contributed by atoms with Crippen molar-refractivity contribution in [3.8, 4) is 0 Å². The lowest BCUT2D eigenvalue weighted by atomic mass is 9.88. The van der Waals surface area contributed by atoms with Crippen LogP contribution in [-0.2, 0) is 4.79 Å². The summed E-state index contributed by atoms with van der Waals surface area (Å²) in [6, 6.07) is 4.17. The van der Waals surface area contributed by atoms with Gasteiger partial charge in [-0.3, -0.25) is 14.7 Å². The van der Waals surface area contributed by atoms with Crippen molar-refractivity contribution < 1.29 is 9.90 Å². The molecule has 1 aliphatic heterocycles. The number of aromatic nitrogens is 1. The number of carbonyl (C=O) groups is 1. The number of carboxylic acids is 1. The Hall–Kier alpha value is -0.690. The predicted octanol–water partition coefficient (Wildman–Crippen LogP) is 2.73. The maximum atomic E-state index is 11.3. The number of rotatable bonds is 3. The summed E-state index contributed by atoms with van der Waals surface area (Å²) >= 11 is 2.20. The third-order valence-corrected chi connectivity index (χ3v) is 4.67. The largest absolute Gasteiger partial charge is 0.480 e. The Bertz CT molecular complexity index is 451. The molecule has 5 heteroatoms. The van der Waals surface area contributed by atoms with E-state index in [4.69, 9.17) is 0 Å². The van der Waals surface area contributed by atoms with Gasteiger partial charge in [-0.1, -0.05) is 6.07 Å². The first-order valence-electron chi connectivity index (χ1n) is 6.51. The first-order valence-corrected chi connectivity index (χ1v) is 7.59. The minimum atomic E-state index is -0.769. The number of pyridine rings is 1. The SMILES string of the molecule is CC(C)(C(=O)O)N1CCC(c2ccc(I)nc2)CC1. The van der Waals surface area contributed by atoms with Crippen LogP contribution in [0, 0.1) is 3.70 Å². The fourth-order valence-electron chi connectivity index (χ4n) is 2.54. The highest BCUT2D eigenvalue weighted by Gasteiger charge is 2.36. The molecule has 2 heterocycles. The van der Waals surface area contributed by atoms with Gasteiger partial charge in [0.15, 0.2) is 0 Å². The molecule has 0 amide bonds. The average Bonchev–Trinajstić information content (AvgIpc) is 2.39. The molecule has 2 rings (SSSR count). The summed E-state index contributed by atoms with van der Waals surface area (Å²) in [5.41, 5.74) is 0.503. The van der Waals surface area contributed by atoms with Crippen LogP contribution < -0.4 is 0 Å². The summed E-state index contributed by atoms with van der Waals surface area (Å²) in [6.07, 6.45) is 3.95. The Morgan fingerprint density at radius 1 is 1.42 bits per heavy atom. The second kappa shape index (κ2) is 5.75. The van der Waals surface area contributed by atoms with Gasteiger partial charge in [0.1, 0.15) is 9.24 Å². The Labute approximate surface area is 127 Å². The molecule has 0 saturated carbocycles. The topological polar surface area (TPSA) is 53.4 Å². The molecule has 0 aliphatic carbocycles. The average molecular weight is 374 g/mol. The number of piperidine rings is 1. The van der Waals surface area contributed by atoms with E-state index in [0.717, 1.165) is 29.6 Å². The molecule has 1 aromatic heterocycles. The van der Waals surface area contributed by atoms with E-state index in [1.165, 1.54) is 5.56 Å².